The van der Waals surface area contributed by atoms with Gasteiger partial charge < -0.3 is 15.5 Å². The van der Waals surface area contributed by atoms with Gasteiger partial charge in [0.15, 0.2) is 11.5 Å². The van der Waals surface area contributed by atoms with Gasteiger partial charge in [-0.3, -0.25) is 19.5 Å². The monoisotopic (exact) mass is 450 g/mol. The minimum Gasteiger partial charge on any atom is -0.504 e. The van der Waals surface area contributed by atoms with Crippen LogP contribution in [0.15, 0.2) is 57.6 Å². The molecule has 0 heterocycles. The van der Waals surface area contributed by atoms with E-state index in [0.29, 0.717) is 11.8 Å². The molecule has 0 aromatic heterocycles. The molecule has 0 saturated carbocycles. The predicted octanol–water partition coefficient (Wildman–Crippen LogP) is 2.80. The van der Waals surface area contributed by atoms with E-state index < -0.39 is 56.7 Å². The quantitative estimate of drug-likeness (QED) is 0.230. The average molecular weight is 450 g/mol. The van der Waals surface area contributed by atoms with Crippen molar-refractivity contribution in [2.45, 2.75) is 24.3 Å². The van der Waals surface area contributed by atoms with Gasteiger partial charge in [0.2, 0.25) is 5.91 Å². The number of ketones is 1. The first-order valence-electron chi connectivity index (χ1n) is 8.58. The molecule has 1 atom stereocenters. The van der Waals surface area contributed by atoms with E-state index in [9.17, 15) is 32.5 Å². The number of phenols is 1. The van der Waals surface area contributed by atoms with Gasteiger partial charge >= 0.3 is 6.09 Å². The summed E-state index contributed by atoms with van der Waals surface area (Å²) in [6, 6.07) is 8.76. The van der Waals surface area contributed by atoms with Crippen molar-refractivity contribution in [1.29, 1.82) is 0 Å². The number of anilines is 2. The highest BCUT2D eigenvalue weighted by Crippen LogP contribution is 2.37. The number of para-hydroxylation sites is 1. The lowest BCUT2D eigenvalue weighted by atomic mass is 10.1. The van der Waals surface area contributed by atoms with Gasteiger partial charge in [0, 0.05) is 11.4 Å². The number of hydrogen-bond acceptors (Lipinski definition) is 8. The molecule has 2 rings (SSSR count). The molecule has 5 N–H and O–H groups in total. The summed E-state index contributed by atoms with van der Waals surface area (Å²) in [4.78, 5) is 33.8. The second kappa shape index (κ2) is 9.77. The zero-order chi connectivity index (χ0) is 23.2. The molecule has 2 aromatic carbocycles. The summed E-state index contributed by atoms with van der Waals surface area (Å²) < 4.78 is 32.1. The number of carbonyl (C=O) groups excluding carboxylic acids is 2. The van der Waals surface area contributed by atoms with Crippen molar-refractivity contribution in [3.8, 4) is 5.75 Å². The van der Waals surface area contributed by atoms with Crippen LogP contribution in [0.5, 0.6) is 5.75 Å². The Morgan fingerprint density at radius 3 is 2.26 bits per heavy atom. The predicted molar refractivity (Wildman–Crippen MR) is 108 cm³/mol. The van der Waals surface area contributed by atoms with Crippen molar-refractivity contribution in [2.75, 3.05) is 10.6 Å². The van der Waals surface area contributed by atoms with Gasteiger partial charge in [-0.1, -0.05) is 18.2 Å². The summed E-state index contributed by atoms with van der Waals surface area (Å²) >= 11 is 0. The van der Waals surface area contributed by atoms with Crippen LogP contribution >= 0.6 is 0 Å². The van der Waals surface area contributed by atoms with Crippen LogP contribution in [-0.4, -0.2) is 47.0 Å². The van der Waals surface area contributed by atoms with Crippen LogP contribution in [0.2, 0.25) is 0 Å². The van der Waals surface area contributed by atoms with Crippen LogP contribution in [0.1, 0.15) is 13.3 Å². The third kappa shape index (κ3) is 6.87. The Bertz CT molecular complexity index is 1130. The number of amides is 2. The number of carbonyl (C=O) groups is 3. The van der Waals surface area contributed by atoms with Crippen LogP contribution in [0.3, 0.4) is 0 Å². The Kier molecular flexibility index (Phi) is 7.39. The first kappa shape index (κ1) is 23.4. The zero-order valence-corrected chi connectivity index (χ0v) is 16.8. The number of nitrogens with one attached hydrogen (secondary N) is 2. The third-order valence-electron chi connectivity index (χ3n) is 3.79. The van der Waals surface area contributed by atoms with Crippen molar-refractivity contribution in [1.82, 2.24) is 0 Å². The molecule has 12 nitrogen and oxygen atoms in total. The summed E-state index contributed by atoms with van der Waals surface area (Å²) in [6.07, 6.45) is -1.94. The largest absolute Gasteiger partial charge is 0.504 e. The van der Waals surface area contributed by atoms with Crippen LogP contribution < -0.4 is 10.6 Å². The third-order valence-corrected chi connectivity index (χ3v) is 4.66. The van der Waals surface area contributed by atoms with E-state index in [-0.39, 0.29) is 5.69 Å². The highest BCUT2D eigenvalue weighted by molar-refractivity contribution is 7.86. The Hall–Kier alpha value is -3.84. The molecule has 0 aliphatic rings. The molecule has 164 valence electrons. The average Bonchev–Trinajstić information content (AvgIpc) is 2.66. The molecular formula is C18H18N4O8S. The lowest BCUT2D eigenvalue weighted by Gasteiger charge is -2.10. The Morgan fingerprint density at radius 2 is 1.71 bits per heavy atom. The minimum absolute atomic E-state index is 0.340. The van der Waals surface area contributed by atoms with Crippen molar-refractivity contribution >= 4 is 45.0 Å². The Balaban J connectivity index is 2.31. The van der Waals surface area contributed by atoms with E-state index in [1.807, 2.05) is 5.32 Å². The molecule has 0 spiro atoms. The number of nitrogens with zero attached hydrogens (tertiary/aromatic N) is 2. The number of rotatable bonds is 8. The number of azo groups is 1. The van der Waals surface area contributed by atoms with Gasteiger partial charge in [0.25, 0.3) is 10.1 Å². The number of phenolic OH excluding ortho intramolecular Hbond substituents is 1. The maximum Gasteiger partial charge on any atom is 0.409 e. The summed E-state index contributed by atoms with van der Waals surface area (Å²) in [7, 11) is -4.94. The van der Waals surface area contributed by atoms with E-state index in [1.165, 1.54) is 0 Å². The Morgan fingerprint density at radius 1 is 1.06 bits per heavy atom. The van der Waals surface area contributed by atoms with E-state index >= 15 is 0 Å². The fourth-order valence-electron chi connectivity index (χ4n) is 2.37. The molecule has 2 amide bonds. The normalized spacial score (nSPS) is 12.3. The smallest absolute Gasteiger partial charge is 0.409 e. The molecule has 0 bridgehead atoms. The molecule has 0 aliphatic heterocycles. The minimum atomic E-state index is -4.94. The fourth-order valence-corrected chi connectivity index (χ4v) is 2.99. The highest BCUT2D eigenvalue weighted by Gasteiger charge is 2.22. The van der Waals surface area contributed by atoms with Gasteiger partial charge in [-0.05, 0) is 31.2 Å². The van der Waals surface area contributed by atoms with E-state index in [4.69, 9.17) is 5.11 Å². The Labute approximate surface area is 176 Å². The van der Waals surface area contributed by atoms with Gasteiger partial charge in [-0.25, -0.2) is 4.79 Å². The molecular weight excluding hydrogens is 432 g/mol. The molecule has 0 aliphatic carbocycles. The molecule has 13 heteroatoms. The van der Waals surface area contributed by atoms with Crippen LogP contribution in [0.25, 0.3) is 0 Å². The van der Waals surface area contributed by atoms with Crippen LogP contribution in [0.4, 0.5) is 21.9 Å². The molecule has 31 heavy (non-hydrogen) atoms. The molecule has 0 fully saturated rings. The van der Waals surface area contributed by atoms with E-state index in [2.05, 4.69) is 15.5 Å². The van der Waals surface area contributed by atoms with Crippen LogP contribution in [0, 0.1) is 0 Å². The molecule has 2 aromatic rings. The summed E-state index contributed by atoms with van der Waals surface area (Å²) in [5, 5.41) is 30.6. The number of Topliss-reactive ketones (excluding diaryl/α,β-unsaturated/α-hetero) is 1. The molecule has 1 unspecified atom stereocenters. The van der Waals surface area contributed by atoms with Crippen molar-refractivity contribution < 1.29 is 37.6 Å². The number of carboxylic acid groups (broad SMARTS) is 1. The fraction of sp³-hybridized carbons (Fsp3) is 0.167. The van der Waals surface area contributed by atoms with Gasteiger partial charge in [0.05, 0.1) is 6.42 Å². The lowest BCUT2D eigenvalue weighted by molar-refractivity contribution is -0.122. The summed E-state index contributed by atoms with van der Waals surface area (Å²) in [5.74, 6) is -2.10. The number of benzene rings is 2. The topological polar surface area (TPSA) is 195 Å². The van der Waals surface area contributed by atoms with Crippen molar-refractivity contribution in [2.24, 2.45) is 10.2 Å². The second-order valence-corrected chi connectivity index (χ2v) is 7.60. The van der Waals surface area contributed by atoms with Gasteiger partial charge in [-0.2, -0.15) is 18.6 Å². The van der Waals surface area contributed by atoms with E-state index in [1.54, 1.807) is 30.3 Å². The molecule has 0 radical (unpaired) electrons. The van der Waals surface area contributed by atoms with Gasteiger partial charge in [0.1, 0.15) is 16.6 Å². The van der Waals surface area contributed by atoms with Crippen LogP contribution in [-0.2, 0) is 19.7 Å². The SMILES string of the molecule is CC(=O)C(CC(=O)Nc1ccccc1)N=Nc1cc(NC(=O)O)cc(S(=O)(=O)O)c1O. The second-order valence-electron chi connectivity index (χ2n) is 6.21. The zero-order valence-electron chi connectivity index (χ0n) is 16.0. The first-order chi connectivity index (χ1) is 14.5. The number of hydrogen-bond donors (Lipinski definition) is 5. The lowest BCUT2D eigenvalue weighted by Crippen LogP contribution is -2.23. The van der Waals surface area contributed by atoms with Crippen molar-refractivity contribution in [3.05, 3.63) is 42.5 Å². The summed E-state index contributed by atoms with van der Waals surface area (Å²) in [5.41, 5.74) is -0.392. The standard InChI is InChI=1S/C18H18N4O8S/c1-10(23)13(9-16(24)19-11-5-3-2-4-6-11)21-22-14-7-12(20-18(26)27)8-15(17(14)25)31(28,29)30/h2-8,13,20,25H,9H2,1H3,(H,19,24)(H,26,27)(H,28,29,30). The molecule has 0 saturated heterocycles. The highest BCUT2D eigenvalue weighted by atomic mass is 32.2. The van der Waals surface area contributed by atoms with Gasteiger partial charge in [-0.15, -0.1) is 0 Å². The van der Waals surface area contributed by atoms with Crippen molar-refractivity contribution in [3.63, 3.8) is 0 Å². The van der Waals surface area contributed by atoms with E-state index in [0.717, 1.165) is 13.0 Å². The maximum atomic E-state index is 12.2. The first-order valence-corrected chi connectivity index (χ1v) is 10.0. The summed E-state index contributed by atoms with van der Waals surface area (Å²) in [6.45, 7) is 1.16. The maximum absolute atomic E-state index is 12.2. The number of aromatic hydroxyl groups is 1.